The highest BCUT2D eigenvalue weighted by Gasteiger charge is 2.20. The average Bonchev–Trinajstić information content (AvgIpc) is 1.99. The van der Waals surface area contributed by atoms with E-state index in [2.05, 4.69) is 0 Å². The van der Waals surface area contributed by atoms with E-state index >= 15 is 0 Å². The largest absolute Gasteiger partial charge is 0.442 e. The number of hydrogen-bond donors (Lipinski definition) is 0. The predicted molar refractivity (Wildman–Crippen MR) is 49.5 cm³/mol. The van der Waals surface area contributed by atoms with Crippen molar-refractivity contribution in [1.29, 1.82) is 0 Å². The Labute approximate surface area is 78.9 Å². The summed E-state index contributed by atoms with van der Waals surface area (Å²) in [5.74, 6) is 0. The molecule has 1 amide bonds. The van der Waals surface area contributed by atoms with E-state index in [9.17, 15) is 9.59 Å². The molecule has 0 aliphatic rings. The smallest absolute Gasteiger partial charge is 0.410 e. The number of rotatable bonds is 4. The normalized spacial score (nSPS) is 10.3. The minimum Gasteiger partial charge on any atom is -0.442 e. The van der Waals surface area contributed by atoms with Gasteiger partial charge in [-0.05, 0) is 27.7 Å². The van der Waals surface area contributed by atoms with Crippen molar-refractivity contribution in [2.45, 2.75) is 39.8 Å². The van der Waals surface area contributed by atoms with E-state index < -0.39 is 6.09 Å². The van der Waals surface area contributed by atoms with Crippen molar-refractivity contribution < 1.29 is 14.3 Å². The molecule has 4 heteroatoms. The molecule has 0 aliphatic carbocycles. The first-order chi connectivity index (χ1) is 6.00. The summed E-state index contributed by atoms with van der Waals surface area (Å²) < 4.78 is 4.69. The van der Waals surface area contributed by atoms with E-state index in [-0.39, 0.29) is 18.7 Å². The third-order valence-corrected chi connectivity index (χ3v) is 1.60. The molecule has 0 heterocycles. The van der Waals surface area contributed by atoms with Gasteiger partial charge in [0.15, 0.2) is 6.29 Å². The van der Waals surface area contributed by atoms with Crippen LogP contribution in [0.5, 0.6) is 0 Å². The second-order valence-electron chi connectivity index (χ2n) is 3.34. The summed E-state index contributed by atoms with van der Waals surface area (Å²) in [6.07, 6.45) is 0.133. The van der Waals surface area contributed by atoms with Crippen molar-refractivity contribution in [2.24, 2.45) is 0 Å². The second kappa shape index (κ2) is 5.56. The number of hydrogen-bond acceptors (Lipinski definition) is 3. The van der Waals surface area contributed by atoms with E-state index in [0.717, 1.165) is 0 Å². The van der Waals surface area contributed by atoms with Crippen LogP contribution < -0.4 is 0 Å². The number of amides is 1. The lowest BCUT2D eigenvalue weighted by Crippen LogP contribution is -2.42. The van der Waals surface area contributed by atoms with E-state index in [1.807, 2.05) is 27.7 Å². The van der Waals surface area contributed by atoms with Crippen molar-refractivity contribution in [3.8, 4) is 0 Å². The molecule has 0 rings (SSSR count). The number of ether oxygens (including phenoxy) is 1. The Morgan fingerprint density at radius 3 is 2.08 bits per heavy atom. The molecule has 76 valence electrons. The van der Waals surface area contributed by atoms with Gasteiger partial charge in [-0.1, -0.05) is 0 Å². The molecule has 0 N–H and O–H groups in total. The third-order valence-electron chi connectivity index (χ3n) is 1.60. The molecule has 0 saturated carbocycles. The maximum atomic E-state index is 11.3. The number of carbonyl (C=O) groups is 2. The zero-order valence-electron chi connectivity index (χ0n) is 8.61. The zero-order chi connectivity index (χ0) is 10.4. The van der Waals surface area contributed by atoms with E-state index in [1.54, 1.807) is 4.90 Å². The average molecular weight is 187 g/mol. The Balaban J connectivity index is 4.20. The molecule has 0 saturated heterocycles. The third kappa shape index (κ3) is 3.92. The molecule has 0 bridgehead atoms. The molecule has 13 heavy (non-hydrogen) atoms. The minimum absolute atomic E-state index is 0.0825. The van der Waals surface area contributed by atoms with Gasteiger partial charge in [-0.2, -0.15) is 0 Å². The summed E-state index contributed by atoms with van der Waals surface area (Å²) in [7, 11) is 0. The zero-order valence-corrected chi connectivity index (χ0v) is 8.61. The first-order valence-corrected chi connectivity index (χ1v) is 4.39. The van der Waals surface area contributed by atoms with Gasteiger partial charge in [0.2, 0.25) is 0 Å². The lowest BCUT2D eigenvalue weighted by Gasteiger charge is -2.29. The molecule has 0 spiro atoms. The molecular weight excluding hydrogens is 170 g/mol. The Kier molecular flexibility index (Phi) is 5.11. The fraction of sp³-hybridized carbons (Fsp3) is 0.778. The summed E-state index contributed by atoms with van der Waals surface area (Å²) in [4.78, 5) is 22.9. The van der Waals surface area contributed by atoms with Crippen molar-refractivity contribution in [3.05, 3.63) is 0 Å². The van der Waals surface area contributed by atoms with Crippen LogP contribution in [-0.4, -0.2) is 36.0 Å². The monoisotopic (exact) mass is 187 g/mol. The quantitative estimate of drug-likeness (QED) is 0.626. The number of carbonyl (C=O) groups excluding carboxylic acids is 2. The van der Waals surface area contributed by atoms with Crippen LogP contribution >= 0.6 is 0 Å². The highest BCUT2D eigenvalue weighted by atomic mass is 16.6. The number of aldehydes is 1. The van der Waals surface area contributed by atoms with Crippen molar-refractivity contribution in [1.82, 2.24) is 4.90 Å². The lowest BCUT2D eigenvalue weighted by atomic mass is 10.2. The van der Waals surface area contributed by atoms with Crippen molar-refractivity contribution in [2.75, 3.05) is 6.61 Å². The standard InChI is InChI=1S/C9H17NO3/c1-7(2)10(8(3)4)9(12)13-6-5-11/h5,7-8H,6H2,1-4H3. The van der Waals surface area contributed by atoms with Gasteiger partial charge in [-0.3, -0.25) is 4.79 Å². The second-order valence-corrected chi connectivity index (χ2v) is 3.34. The van der Waals surface area contributed by atoms with Crippen molar-refractivity contribution >= 4 is 12.4 Å². The maximum absolute atomic E-state index is 11.3. The predicted octanol–water partition coefficient (Wildman–Crippen LogP) is 1.44. The Bertz CT molecular complexity index is 170. The molecule has 0 radical (unpaired) electrons. The van der Waals surface area contributed by atoms with Gasteiger partial charge in [-0.15, -0.1) is 0 Å². The van der Waals surface area contributed by atoms with Gasteiger partial charge < -0.3 is 9.64 Å². The molecule has 0 aromatic carbocycles. The van der Waals surface area contributed by atoms with Crippen LogP contribution in [0.1, 0.15) is 27.7 Å². The summed E-state index contributed by atoms with van der Waals surface area (Å²) in [5, 5.41) is 0. The molecule has 4 nitrogen and oxygen atoms in total. The van der Waals surface area contributed by atoms with Gasteiger partial charge >= 0.3 is 6.09 Å². The van der Waals surface area contributed by atoms with Crippen LogP contribution in [0.4, 0.5) is 4.79 Å². The van der Waals surface area contributed by atoms with E-state index in [0.29, 0.717) is 6.29 Å². The van der Waals surface area contributed by atoms with Gasteiger partial charge in [-0.25, -0.2) is 4.79 Å². The van der Waals surface area contributed by atoms with Crippen LogP contribution in [0.3, 0.4) is 0 Å². The molecule has 0 aromatic rings. The summed E-state index contributed by atoms with van der Waals surface area (Å²) in [6.45, 7) is 7.45. The van der Waals surface area contributed by atoms with Crippen LogP contribution in [-0.2, 0) is 9.53 Å². The molecular formula is C9H17NO3. The Morgan fingerprint density at radius 2 is 1.77 bits per heavy atom. The molecule has 0 aromatic heterocycles. The van der Waals surface area contributed by atoms with Crippen LogP contribution in [0.2, 0.25) is 0 Å². The summed E-state index contributed by atoms with van der Waals surface area (Å²) in [5.41, 5.74) is 0. The molecule has 0 aliphatic heterocycles. The summed E-state index contributed by atoms with van der Waals surface area (Å²) in [6, 6.07) is 0.165. The van der Waals surface area contributed by atoms with Gasteiger partial charge in [0, 0.05) is 12.1 Å². The molecule has 0 fully saturated rings. The first-order valence-electron chi connectivity index (χ1n) is 4.39. The molecule has 0 unspecified atom stereocenters. The topological polar surface area (TPSA) is 46.6 Å². The minimum atomic E-state index is -0.433. The summed E-state index contributed by atoms with van der Waals surface area (Å²) >= 11 is 0. The van der Waals surface area contributed by atoms with E-state index in [4.69, 9.17) is 4.74 Å². The Hall–Kier alpha value is -1.06. The van der Waals surface area contributed by atoms with Gasteiger partial charge in [0.1, 0.15) is 6.61 Å². The fourth-order valence-electron chi connectivity index (χ4n) is 1.20. The highest BCUT2D eigenvalue weighted by molar-refractivity contribution is 5.70. The van der Waals surface area contributed by atoms with Gasteiger partial charge in [0.25, 0.3) is 0 Å². The van der Waals surface area contributed by atoms with Crippen molar-refractivity contribution in [3.63, 3.8) is 0 Å². The SMILES string of the molecule is CC(C)N(C(=O)OCC=O)C(C)C. The van der Waals surface area contributed by atoms with Crippen LogP contribution in [0, 0.1) is 0 Å². The fourth-order valence-corrected chi connectivity index (χ4v) is 1.20. The highest BCUT2D eigenvalue weighted by Crippen LogP contribution is 2.06. The lowest BCUT2D eigenvalue weighted by molar-refractivity contribution is -0.110. The number of nitrogens with zero attached hydrogens (tertiary/aromatic N) is 1. The van der Waals surface area contributed by atoms with Crippen LogP contribution in [0.25, 0.3) is 0 Å². The molecule has 0 atom stereocenters. The Morgan fingerprint density at radius 1 is 1.31 bits per heavy atom. The maximum Gasteiger partial charge on any atom is 0.410 e. The van der Waals surface area contributed by atoms with E-state index in [1.165, 1.54) is 0 Å². The van der Waals surface area contributed by atoms with Gasteiger partial charge in [0.05, 0.1) is 0 Å². The first kappa shape index (κ1) is 11.9. The van der Waals surface area contributed by atoms with Crippen LogP contribution in [0.15, 0.2) is 0 Å².